The van der Waals surface area contributed by atoms with Gasteiger partial charge in [-0.25, -0.2) is 0 Å². The van der Waals surface area contributed by atoms with E-state index in [9.17, 15) is 0 Å². The van der Waals surface area contributed by atoms with Gasteiger partial charge in [0.25, 0.3) is 0 Å². The molecule has 0 fully saturated rings. The van der Waals surface area contributed by atoms with E-state index in [1.54, 1.807) is 0 Å². The number of rotatable bonds is 1. The molecule has 0 saturated carbocycles. The molecule has 30 valence electrons. The monoisotopic (exact) mass is 117 g/mol. The maximum absolute atomic E-state index is 9.05. The van der Waals surface area contributed by atoms with Gasteiger partial charge in [0.1, 0.15) is 0 Å². The summed E-state index contributed by atoms with van der Waals surface area (Å²) in [6, 6.07) is 0. The molecule has 0 saturated heterocycles. The van der Waals surface area contributed by atoms with E-state index in [2.05, 4.69) is 3.85 Å². The van der Waals surface area contributed by atoms with Crippen molar-refractivity contribution in [2.75, 3.05) is 0 Å². The Kier molecular flexibility index (Phi) is 3.31. The molecule has 0 unspecified atom stereocenters. The van der Waals surface area contributed by atoms with Crippen molar-refractivity contribution in [3.05, 3.63) is 0 Å². The second-order valence-electron chi connectivity index (χ2n) is 0.215. The fourth-order valence-electron chi connectivity index (χ4n) is 0.0124. The van der Waals surface area contributed by atoms with E-state index >= 15 is 0 Å². The Labute approximate surface area is 35.0 Å². The van der Waals surface area contributed by atoms with Gasteiger partial charge in [-0.05, 0) is 0 Å². The van der Waals surface area contributed by atoms with Crippen molar-refractivity contribution in [2.24, 2.45) is 0 Å². The number of nitriles is 1. The van der Waals surface area contributed by atoms with Crippen molar-refractivity contribution in [3.8, 4) is 6.26 Å². The molecule has 0 heterocycles. The minimum absolute atomic E-state index is 0.558. The first-order valence-electron chi connectivity index (χ1n) is 0.700. The average molecular weight is 117 g/mol. The van der Waals surface area contributed by atoms with Crippen LogP contribution < -0.4 is 0 Å². The molecule has 0 aromatic heterocycles. The van der Waals surface area contributed by atoms with Crippen molar-refractivity contribution in [1.82, 2.24) is 0 Å². The third kappa shape index (κ3) is 3.60. The molecule has 0 N–H and O–H groups in total. The summed E-state index contributed by atoms with van der Waals surface area (Å²) >= 11 is -0.558. The normalized spacial score (nSPS) is 6.20. The van der Waals surface area contributed by atoms with E-state index in [4.69, 9.17) is 9.13 Å². The van der Waals surface area contributed by atoms with Crippen molar-refractivity contribution in [2.45, 2.75) is 0 Å². The summed E-state index contributed by atoms with van der Waals surface area (Å²) in [6.07, 6.45) is 1.19. The van der Waals surface area contributed by atoms with E-state index in [0.29, 0.717) is 0 Å². The zero-order valence-electron chi connectivity index (χ0n) is 2.10. The van der Waals surface area contributed by atoms with Crippen molar-refractivity contribution in [3.63, 3.8) is 0 Å². The van der Waals surface area contributed by atoms with Gasteiger partial charge in [-0.3, -0.25) is 0 Å². The van der Waals surface area contributed by atoms with Crippen LogP contribution >= 0.6 is 0 Å². The van der Waals surface area contributed by atoms with Gasteiger partial charge in [-0.2, -0.15) is 0 Å². The molecule has 0 aliphatic rings. The third-order valence-corrected chi connectivity index (χ3v) is 0.240. The SMILES string of the molecule is N#C[O][Co]=[O]. The molecule has 5 heavy (non-hydrogen) atoms. The second-order valence-corrected chi connectivity index (χ2v) is 0.601. The molecule has 0 spiro atoms. The Morgan fingerprint density at radius 1 is 2.00 bits per heavy atom. The Bertz CT molecular complexity index is 64.5. The molecule has 0 bridgehead atoms. The molecular weight excluding hydrogens is 117 g/mol. The molecule has 0 aliphatic carbocycles. The number of nitrogens with zero attached hydrogens (tertiary/aromatic N) is 1. The van der Waals surface area contributed by atoms with Gasteiger partial charge in [0.15, 0.2) is 0 Å². The number of hydrogen-bond donors (Lipinski definition) is 0. The van der Waals surface area contributed by atoms with E-state index in [0.717, 1.165) is 0 Å². The van der Waals surface area contributed by atoms with Crippen LogP contribution in [0.3, 0.4) is 0 Å². The van der Waals surface area contributed by atoms with Crippen LogP contribution in [-0.4, -0.2) is 0 Å². The summed E-state index contributed by atoms with van der Waals surface area (Å²) in [5.41, 5.74) is 0. The zero-order valence-corrected chi connectivity index (χ0v) is 3.14. The maximum atomic E-state index is 9.05. The van der Waals surface area contributed by atoms with Crippen molar-refractivity contribution >= 4 is 0 Å². The van der Waals surface area contributed by atoms with Gasteiger partial charge in [0, 0.05) is 0 Å². The summed E-state index contributed by atoms with van der Waals surface area (Å²) in [7, 11) is 0. The number of hydrogen-bond acceptors (Lipinski definition) is 3. The van der Waals surface area contributed by atoms with Crippen LogP contribution in [0.5, 0.6) is 0 Å². The summed E-state index contributed by atoms with van der Waals surface area (Å²) in [4.78, 5) is 0. The second kappa shape index (κ2) is 3.60. The summed E-state index contributed by atoms with van der Waals surface area (Å²) in [6.45, 7) is 0. The first kappa shape index (κ1) is 4.60. The van der Waals surface area contributed by atoms with E-state index in [-0.39, 0.29) is 0 Å². The predicted octanol–water partition coefficient (Wildman–Crippen LogP) is -0.173. The van der Waals surface area contributed by atoms with Crippen LogP contribution in [0.1, 0.15) is 0 Å². The van der Waals surface area contributed by atoms with Crippen LogP contribution in [0.2, 0.25) is 0 Å². The van der Waals surface area contributed by atoms with E-state index in [1.807, 2.05) is 0 Å². The predicted molar refractivity (Wildman–Crippen MR) is 7.38 cm³/mol. The Hall–Kier alpha value is -0.404. The van der Waals surface area contributed by atoms with Gasteiger partial charge < -0.3 is 0 Å². The first-order valence-corrected chi connectivity index (χ1v) is 1.55. The Morgan fingerprint density at radius 3 is 2.60 bits per heavy atom. The quantitative estimate of drug-likeness (QED) is 0.448. The zero-order chi connectivity index (χ0) is 4.12. The Morgan fingerprint density at radius 2 is 2.60 bits per heavy atom. The summed E-state index contributed by atoms with van der Waals surface area (Å²) in [5.74, 6) is 0. The average Bonchev–Trinajstić information content (AvgIpc) is 1.41. The molecular formula is CCoNO2. The molecule has 0 atom stereocenters. The Balaban J connectivity index is 2.75. The van der Waals surface area contributed by atoms with Gasteiger partial charge in [0.05, 0.1) is 0 Å². The molecule has 0 rings (SSSR count). The van der Waals surface area contributed by atoms with Crippen molar-refractivity contribution < 1.29 is 22.7 Å². The third-order valence-electron chi connectivity index (χ3n) is 0.0582. The first-order chi connectivity index (χ1) is 2.41. The van der Waals surface area contributed by atoms with Crippen molar-refractivity contribution in [1.29, 1.82) is 5.26 Å². The molecule has 4 heteroatoms. The topological polar surface area (TPSA) is 50.1 Å². The fraction of sp³-hybridized carbons (Fsp3) is 0. The van der Waals surface area contributed by atoms with Crippen LogP contribution in [0, 0.1) is 11.5 Å². The molecule has 0 aliphatic heterocycles. The van der Waals surface area contributed by atoms with Crippen LogP contribution in [0.4, 0.5) is 0 Å². The molecule has 0 radical (unpaired) electrons. The molecule has 0 aromatic carbocycles. The minimum atomic E-state index is -0.558. The van der Waals surface area contributed by atoms with Gasteiger partial charge in [-0.1, -0.05) is 0 Å². The molecule has 0 amide bonds. The standard InChI is InChI=1S/CHNO.Co.O/c2-1-3;;/h3H;;/q;+1;/p-1. The molecule has 0 aromatic rings. The van der Waals surface area contributed by atoms with Crippen LogP contribution in [-0.2, 0) is 22.7 Å². The van der Waals surface area contributed by atoms with Crippen LogP contribution in [0.25, 0.3) is 0 Å². The summed E-state index contributed by atoms with van der Waals surface area (Å²) in [5, 5.41) is 7.39. The van der Waals surface area contributed by atoms with Gasteiger partial charge in [0.2, 0.25) is 0 Å². The fourth-order valence-corrected chi connectivity index (χ4v) is 0.0512. The molecule has 3 nitrogen and oxygen atoms in total. The van der Waals surface area contributed by atoms with Gasteiger partial charge >= 0.3 is 34.2 Å². The van der Waals surface area contributed by atoms with E-state index < -0.39 is 15.0 Å². The van der Waals surface area contributed by atoms with E-state index in [1.165, 1.54) is 6.26 Å². The van der Waals surface area contributed by atoms with Crippen LogP contribution in [0.15, 0.2) is 0 Å². The van der Waals surface area contributed by atoms with Gasteiger partial charge in [-0.15, -0.1) is 0 Å². The summed E-state index contributed by atoms with van der Waals surface area (Å²) < 4.78 is 12.6.